The van der Waals surface area contributed by atoms with Crippen LogP contribution < -0.4 is 26.4 Å². The molecule has 0 aliphatic carbocycles. The van der Waals surface area contributed by atoms with Gasteiger partial charge in [-0.05, 0) is 17.7 Å². The van der Waals surface area contributed by atoms with Gasteiger partial charge in [0, 0.05) is 16.5 Å². The summed E-state index contributed by atoms with van der Waals surface area (Å²) in [6.45, 7) is 0.872. The van der Waals surface area contributed by atoms with Gasteiger partial charge in [-0.15, -0.1) is 21.9 Å². The van der Waals surface area contributed by atoms with Crippen LogP contribution in [-0.4, -0.2) is 11.1 Å². The standard InChI is InChI=1S/C24BF20.C18H16BrN2/c26-5-1(6(27)14(35)21(42)13(5)34)25(2-7(28)15(36)22(43)16(37)8(2)29,3-9(30)17(38)23(44)18(39)10(3)31)4-11(32)19(40)24(45)20(41)12(4)33;19-17-8-6-15(7-9-17)12-18-14-21(11-10-20-18)13-16-4-2-1-3-5-16/h;1-11,14H,12-13H2/q-1;+1. The van der Waals surface area contributed by atoms with Gasteiger partial charge in [0.05, 0.1) is 6.20 Å². The largest absolute Gasteiger partial charge is 0.248 e. The Hall–Kier alpha value is -6.46. The van der Waals surface area contributed by atoms with Gasteiger partial charge in [-0.2, -0.15) is 4.57 Å². The number of halogens is 21. The summed E-state index contributed by atoms with van der Waals surface area (Å²) in [6.07, 6.45) is -0.363. The summed E-state index contributed by atoms with van der Waals surface area (Å²) in [7, 11) is 0. The predicted molar refractivity (Wildman–Crippen MR) is 196 cm³/mol. The molecule has 7 rings (SSSR count). The lowest BCUT2D eigenvalue weighted by Gasteiger charge is -2.44. The molecule has 0 aliphatic rings. The lowest BCUT2D eigenvalue weighted by molar-refractivity contribution is -0.689. The quantitative estimate of drug-likeness (QED) is 0.0488. The second kappa shape index (κ2) is 18.8. The first kappa shape index (κ1) is 49.0. The van der Waals surface area contributed by atoms with Crippen LogP contribution in [0.25, 0.3) is 0 Å². The first-order valence-corrected chi connectivity index (χ1v) is 18.6. The fourth-order valence-electron chi connectivity index (χ4n) is 7.15. The van der Waals surface area contributed by atoms with E-state index in [0.29, 0.717) is 0 Å². The van der Waals surface area contributed by atoms with Crippen LogP contribution in [0.1, 0.15) is 16.8 Å². The SMILES string of the molecule is Brc1ccc(Cc2c[n+](Cc3ccccc3)ccn2)cc1.Fc1c(F)c(F)c([B-](c2c(F)c(F)c(F)c(F)c2F)(c2c(F)c(F)c(F)c(F)c2F)c2c(F)c(F)c(F)c(F)c2F)c(F)c1F. The third kappa shape index (κ3) is 8.23. The Kier molecular flexibility index (Phi) is 14.0. The molecule has 1 aromatic heterocycles. The van der Waals surface area contributed by atoms with Crippen molar-refractivity contribution in [2.75, 3.05) is 0 Å². The summed E-state index contributed by atoms with van der Waals surface area (Å²) in [4.78, 5) is 4.47. The van der Waals surface area contributed by atoms with E-state index in [1.54, 1.807) is 0 Å². The fourth-order valence-corrected chi connectivity index (χ4v) is 7.42. The van der Waals surface area contributed by atoms with E-state index in [1.165, 1.54) is 11.1 Å². The Morgan fingerprint density at radius 2 is 0.682 bits per heavy atom. The lowest BCUT2D eigenvalue weighted by Crippen LogP contribution is -2.81. The maximum atomic E-state index is 15.4. The van der Waals surface area contributed by atoms with Crippen molar-refractivity contribution in [1.82, 2.24) is 4.98 Å². The minimum Gasteiger partial charge on any atom is -0.248 e. The van der Waals surface area contributed by atoms with E-state index < -0.39 is 144 Å². The minimum absolute atomic E-state index is 0.850. The van der Waals surface area contributed by atoms with Gasteiger partial charge >= 0.3 is 0 Å². The van der Waals surface area contributed by atoms with Gasteiger partial charge < -0.3 is 0 Å². The second-order valence-electron chi connectivity index (χ2n) is 13.8. The van der Waals surface area contributed by atoms with E-state index in [2.05, 4.69) is 80.2 Å². The molecule has 24 heteroatoms. The maximum absolute atomic E-state index is 15.4. The molecule has 66 heavy (non-hydrogen) atoms. The topological polar surface area (TPSA) is 16.8 Å². The molecule has 0 bridgehead atoms. The van der Waals surface area contributed by atoms with Gasteiger partial charge in [0.25, 0.3) is 0 Å². The Morgan fingerprint density at radius 3 is 1.00 bits per heavy atom. The maximum Gasteiger partial charge on any atom is 0.200 e. The third-order valence-electron chi connectivity index (χ3n) is 10.0. The highest BCUT2D eigenvalue weighted by atomic mass is 79.9. The average Bonchev–Trinajstić information content (AvgIpc) is 3.30. The molecule has 0 N–H and O–H groups in total. The van der Waals surface area contributed by atoms with E-state index in [4.69, 9.17) is 0 Å². The summed E-state index contributed by atoms with van der Waals surface area (Å²) in [5.41, 5.74) is -10.7. The highest BCUT2D eigenvalue weighted by Gasteiger charge is 2.52. The molecule has 0 radical (unpaired) electrons. The molecule has 0 saturated heterocycles. The van der Waals surface area contributed by atoms with Crippen molar-refractivity contribution < 1.29 is 92.4 Å². The molecule has 6 aromatic carbocycles. The van der Waals surface area contributed by atoms with Gasteiger partial charge in [-0.25, -0.2) is 92.8 Å². The molecule has 0 unspecified atom stereocenters. The number of hydrogen-bond donors (Lipinski definition) is 0. The number of benzene rings is 6. The Morgan fingerprint density at radius 1 is 0.379 bits per heavy atom. The smallest absolute Gasteiger partial charge is 0.200 e. The molecule has 344 valence electrons. The van der Waals surface area contributed by atoms with Crippen LogP contribution in [0.15, 0.2) is 77.7 Å². The Bertz CT molecular complexity index is 2660. The number of hydrogen-bond acceptors (Lipinski definition) is 1. The summed E-state index contributed by atoms with van der Waals surface area (Å²) in [5.74, 6) is -71.4. The van der Waals surface area contributed by atoms with E-state index in [-0.39, 0.29) is 0 Å². The van der Waals surface area contributed by atoms with E-state index in [0.717, 1.165) is 23.1 Å². The first-order chi connectivity index (χ1) is 31.0. The second-order valence-corrected chi connectivity index (χ2v) is 14.7. The lowest BCUT2D eigenvalue weighted by atomic mass is 9.12. The molecule has 7 aromatic rings. The first-order valence-electron chi connectivity index (χ1n) is 17.9. The molecule has 0 spiro atoms. The minimum atomic E-state index is -7.22. The van der Waals surface area contributed by atoms with Crippen LogP contribution in [0.5, 0.6) is 0 Å². The monoisotopic (exact) mass is 1020 g/mol. The zero-order valence-electron chi connectivity index (χ0n) is 31.8. The van der Waals surface area contributed by atoms with Gasteiger partial charge in [0.15, 0.2) is 88.7 Å². The zero-order valence-corrected chi connectivity index (χ0v) is 33.3. The van der Waals surface area contributed by atoms with Crippen LogP contribution in [0, 0.1) is 116 Å². The van der Waals surface area contributed by atoms with Crippen molar-refractivity contribution in [3.05, 3.63) is 211 Å². The van der Waals surface area contributed by atoms with Crippen LogP contribution in [0.3, 0.4) is 0 Å². The summed E-state index contributed by atoms with van der Waals surface area (Å²) >= 11 is 3.46. The molecule has 0 aliphatic heterocycles. The van der Waals surface area contributed by atoms with E-state index in [9.17, 15) is 52.7 Å². The Labute approximate surface area is 364 Å². The van der Waals surface area contributed by atoms with Gasteiger partial charge in [0.1, 0.15) is 58.4 Å². The molecule has 2 nitrogen and oxygen atoms in total. The molecule has 0 fully saturated rings. The summed E-state index contributed by atoms with van der Waals surface area (Å²) in [5, 5.41) is 0. The summed E-state index contributed by atoms with van der Waals surface area (Å²) in [6, 6.07) is 18.8. The highest BCUT2D eigenvalue weighted by Crippen LogP contribution is 2.31. The highest BCUT2D eigenvalue weighted by molar-refractivity contribution is 9.10. The molecule has 0 atom stereocenters. The van der Waals surface area contributed by atoms with Gasteiger partial charge in [-0.3, -0.25) is 0 Å². The molecular weight excluding hydrogens is 1000 g/mol. The van der Waals surface area contributed by atoms with Crippen LogP contribution >= 0.6 is 15.9 Å². The number of aromatic nitrogens is 2. The molecule has 0 saturated carbocycles. The van der Waals surface area contributed by atoms with Gasteiger partial charge in [-0.1, -0.05) is 58.4 Å². The van der Waals surface area contributed by atoms with Crippen molar-refractivity contribution in [1.29, 1.82) is 0 Å². The van der Waals surface area contributed by atoms with Crippen LogP contribution in [0.4, 0.5) is 87.8 Å². The van der Waals surface area contributed by atoms with Gasteiger partial charge in [0.2, 0.25) is 0 Å². The number of nitrogens with zero attached hydrogens (tertiary/aromatic N) is 2. The molecule has 0 amide bonds. The molecular formula is C42H16BBrF20N2. The van der Waals surface area contributed by atoms with Crippen molar-refractivity contribution in [2.45, 2.75) is 13.0 Å². The van der Waals surface area contributed by atoms with Crippen LogP contribution in [0.2, 0.25) is 0 Å². The van der Waals surface area contributed by atoms with Crippen LogP contribution in [-0.2, 0) is 13.0 Å². The van der Waals surface area contributed by atoms with Crippen molar-refractivity contribution in [2.24, 2.45) is 0 Å². The molecule has 1 heterocycles. The summed E-state index contributed by atoms with van der Waals surface area (Å²) < 4.78 is 297. The fraction of sp³-hybridized carbons (Fsp3) is 0.0476. The predicted octanol–water partition coefficient (Wildman–Crippen LogP) is 9.62. The average molecular weight is 1020 g/mol. The number of rotatable bonds is 8. The normalized spacial score (nSPS) is 11.5. The van der Waals surface area contributed by atoms with Crippen molar-refractivity contribution in [3.8, 4) is 0 Å². The van der Waals surface area contributed by atoms with Crippen molar-refractivity contribution in [3.63, 3.8) is 0 Å². The van der Waals surface area contributed by atoms with E-state index in [1.807, 2.05) is 18.5 Å². The zero-order chi connectivity index (χ0) is 48.8. The van der Waals surface area contributed by atoms with Crippen molar-refractivity contribution >= 4 is 43.9 Å². The third-order valence-corrected chi connectivity index (χ3v) is 10.6. The Balaban J connectivity index is 0.000000284. The van der Waals surface area contributed by atoms with E-state index >= 15 is 35.1 Å².